The minimum Gasteiger partial charge on any atom is -0.482 e. The Hall–Kier alpha value is -3.41. The van der Waals surface area contributed by atoms with Crippen LogP contribution in [0.3, 0.4) is 0 Å². The molecule has 0 radical (unpaired) electrons. The zero-order chi connectivity index (χ0) is 25.5. The van der Waals surface area contributed by atoms with Crippen molar-refractivity contribution in [2.45, 2.75) is 20.8 Å². The number of benzene rings is 3. The number of nitrogens with one attached hydrogen (secondary N) is 2. The number of carbonyl (C=O) groups is 2. The first-order chi connectivity index (χ1) is 16.7. The standard InChI is InChI=1S/C27H23Br2N3O3/c1-16-5-4-6-22(10-16)31-25(33)15-35-26-19(12-21(28)13-23(26)29)11-20(14-30)27(34)32-24-8-7-17(2)9-18(24)3/h4-13H,15H2,1-3H3,(H,31,33)(H,32,34)/b20-11+. The van der Waals surface area contributed by atoms with Crippen LogP contribution in [-0.4, -0.2) is 18.4 Å². The van der Waals surface area contributed by atoms with E-state index in [-0.39, 0.29) is 18.1 Å². The van der Waals surface area contributed by atoms with E-state index in [1.165, 1.54) is 6.08 Å². The van der Waals surface area contributed by atoms with Crippen LogP contribution < -0.4 is 15.4 Å². The molecule has 3 aromatic rings. The van der Waals surface area contributed by atoms with Gasteiger partial charge in [0.25, 0.3) is 11.8 Å². The summed E-state index contributed by atoms with van der Waals surface area (Å²) in [4.78, 5) is 25.3. The van der Waals surface area contributed by atoms with E-state index in [1.54, 1.807) is 24.3 Å². The summed E-state index contributed by atoms with van der Waals surface area (Å²) in [5.74, 6) is -0.549. The number of rotatable bonds is 7. The Morgan fingerprint density at radius 3 is 2.43 bits per heavy atom. The molecule has 178 valence electrons. The van der Waals surface area contributed by atoms with Crippen molar-refractivity contribution in [3.8, 4) is 11.8 Å². The summed E-state index contributed by atoms with van der Waals surface area (Å²) in [6, 6.07) is 18.5. The second kappa shape index (κ2) is 11.8. The molecular weight excluding hydrogens is 574 g/mol. The predicted molar refractivity (Wildman–Crippen MR) is 145 cm³/mol. The lowest BCUT2D eigenvalue weighted by Gasteiger charge is -2.13. The van der Waals surface area contributed by atoms with E-state index in [4.69, 9.17) is 4.74 Å². The minimum absolute atomic E-state index is 0.107. The van der Waals surface area contributed by atoms with Gasteiger partial charge in [-0.2, -0.15) is 5.26 Å². The smallest absolute Gasteiger partial charge is 0.266 e. The zero-order valence-electron chi connectivity index (χ0n) is 19.4. The van der Waals surface area contributed by atoms with E-state index in [2.05, 4.69) is 42.5 Å². The van der Waals surface area contributed by atoms with Gasteiger partial charge in [-0.05, 0) is 84.2 Å². The Kier molecular flexibility index (Phi) is 8.85. The van der Waals surface area contributed by atoms with Gasteiger partial charge in [-0.15, -0.1) is 0 Å². The molecule has 0 atom stereocenters. The van der Waals surface area contributed by atoms with Gasteiger partial charge in [0.05, 0.1) is 4.47 Å². The number of anilines is 2. The fraction of sp³-hybridized carbons (Fsp3) is 0.148. The van der Waals surface area contributed by atoms with Gasteiger partial charge < -0.3 is 15.4 Å². The third kappa shape index (κ3) is 7.28. The van der Waals surface area contributed by atoms with Gasteiger partial charge in [-0.3, -0.25) is 9.59 Å². The average Bonchev–Trinajstić information content (AvgIpc) is 2.78. The molecule has 8 heteroatoms. The molecule has 3 rings (SSSR count). The van der Waals surface area contributed by atoms with Crippen molar-refractivity contribution in [2.75, 3.05) is 17.2 Å². The van der Waals surface area contributed by atoms with Crippen molar-refractivity contribution in [1.82, 2.24) is 0 Å². The Bertz CT molecular complexity index is 1360. The topological polar surface area (TPSA) is 91.2 Å². The number of ether oxygens (including phenoxy) is 1. The van der Waals surface area contributed by atoms with Gasteiger partial charge in [0.2, 0.25) is 0 Å². The molecule has 0 fully saturated rings. The Labute approximate surface area is 221 Å². The molecule has 0 spiro atoms. The van der Waals surface area contributed by atoms with Gasteiger partial charge >= 0.3 is 0 Å². The molecule has 2 amide bonds. The van der Waals surface area contributed by atoms with E-state index in [0.29, 0.717) is 31.6 Å². The molecule has 0 bridgehead atoms. The second-order valence-corrected chi connectivity index (χ2v) is 9.72. The van der Waals surface area contributed by atoms with E-state index < -0.39 is 5.91 Å². The first-order valence-electron chi connectivity index (χ1n) is 10.6. The third-order valence-electron chi connectivity index (χ3n) is 4.98. The van der Waals surface area contributed by atoms with Crippen LogP contribution in [0.1, 0.15) is 22.3 Å². The highest BCUT2D eigenvalue weighted by atomic mass is 79.9. The van der Waals surface area contributed by atoms with E-state index in [1.807, 2.05) is 57.2 Å². The number of halogens is 2. The maximum absolute atomic E-state index is 12.8. The summed E-state index contributed by atoms with van der Waals surface area (Å²) in [5.41, 5.74) is 4.64. The Balaban J connectivity index is 1.82. The lowest BCUT2D eigenvalue weighted by molar-refractivity contribution is -0.118. The average molecular weight is 597 g/mol. The molecule has 0 aliphatic rings. The van der Waals surface area contributed by atoms with Crippen molar-refractivity contribution in [1.29, 1.82) is 5.26 Å². The second-order valence-electron chi connectivity index (χ2n) is 7.95. The van der Waals surface area contributed by atoms with Crippen LogP contribution in [0.15, 0.2) is 69.1 Å². The van der Waals surface area contributed by atoms with Crippen molar-refractivity contribution in [2.24, 2.45) is 0 Å². The molecule has 0 unspecified atom stereocenters. The van der Waals surface area contributed by atoms with Crippen molar-refractivity contribution in [3.63, 3.8) is 0 Å². The van der Waals surface area contributed by atoms with Gasteiger partial charge in [-0.25, -0.2) is 0 Å². The van der Waals surface area contributed by atoms with Crippen LogP contribution in [0.25, 0.3) is 6.08 Å². The molecule has 0 saturated heterocycles. The maximum atomic E-state index is 12.8. The summed E-state index contributed by atoms with van der Waals surface area (Å²) in [5, 5.41) is 15.2. The molecular formula is C27H23Br2N3O3. The highest BCUT2D eigenvalue weighted by molar-refractivity contribution is 9.11. The Morgan fingerprint density at radius 2 is 1.74 bits per heavy atom. The summed E-state index contributed by atoms with van der Waals surface area (Å²) in [6.45, 7) is 5.53. The van der Waals surface area contributed by atoms with Gasteiger partial charge in [0, 0.05) is 21.4 Å². The van der Waals surface area contributed by atoms with E-state index in [0.717, 1.165) is 16.7 Å². The number of carbonyl (C=O) groups excluding carboxylic acids is 2. The monoisotopic (exact) mass is 595 g/mol. The fourth-order valence-corrected chi connectivity index (χ4v) is 4.72. The van der Waals surface area contributed by atoms with Crippen LogP contribution in [0.2, 0.25) is 0 Å². The highest BCUT2D eigenvalue weighted by Gasteiger charge is 2.16. The van der Waals surface area contributed by atoms with E-state index >= 15 is 0 Å². The summed E-state index contributed by atoms with van der Waals surface area (Å²) in [6.07, 6.45) is 1.43. The fourth-order valence-electron chi connectivity index (χ4n) is 3.34. The first kappa shape index (κ1) is 26.2. The van der Waals surface area contributed by atoms with Crippen LogP contribution in [0.5, 0.6) is 5.75 Å². The lowest BCUT2D eigenvalue weighted by Crippen LogP contribution is -2.20. The summed E-state index contributed by atoms with van der Waals surface area (Å²) < 4.78 is 7.07. The molecule has 2 N–H and O–H groups in total. The highest BCUT2D eigenvalue weighted by Crippen LogP contribution is 2.34. The Morgan fingerprint density at radius 1 is 1.00 bits per heavy atom. The molecule has 35 heavy (non-hydrogen) atoms. The van der Waals surface area contributed by atoms with Crippen LogP contribution in [-0.2, 0) is 9.59 Å². The largest absolute Gasteiger partial charge is 0.482 e. The number of hydrogen-bond donors (Lipinski definition) is 2. The van der Waals surface area contributed by atoms with Crippen LogP contribution >= 0.6 is 31.9 Å². The number of amides is 2. The first-order valence-corrected chi connectivity index (χ1v) is 12.2. The molecule has 0 aliphatic carbocycles. The molecule has 0 aromatic heterocycles. The van der Waals surface area contributed by atoms with Crippen molar-refractivity contribution in [3.05, 3.63) is 91.4 Å². The minimum atomic E-state index is -0.543. The summed E-state index contributed by atoms with van der Waals surface area (Å²) >= 11 is 6.86. The van der Waals surface area contributed by atoms with Gasteiger partial charge in [0.15, 0.2) is 6.61 Å². The van der Waals surface area contributed by atoms with Crippen molar-refractivity contribution >= 4 is 61.1 Å². The predicted octanol–water partition coefficient (Wildman–Crippen LogP) is 6.70. The number of nitrogens with zero attached hydrogens (tertiary/aromatic N) is 1. The normalized spacial score (nSPS) is 10.9. The molecule has 3 aromatic carbocycles. The molecule has 6 nitrogen and oxygen atoms in total. The van der Waals surface area contributed by atoms with Crippen LogP contribution in [0, 0.1) is 32.1 Å². The SMILES string of the molecule is Cc1cccc(NC(=O)COc2c(Br)cc(Br)cc2/C=C(\C#N)C(=O)Nc2ccc(C)cc2C)c1. The number of hydrogen-bond acceptors (Lipinski definition) is 4. The summed E-state index contributed by atoms with van der Waals surface area (Å²) in [7, 11) is 0. The third-order valence-corrected chi connectivity index (χ3v) is 6.03. The molecule has 0 heterocycles. The maximum Gasteiger partial charge on any atom is 0.266 e. The van der Waals surface area contributed by atoms with Gasteiger partial charge in [0.1, 0.15) is 17.4 Å². The number of aryl methyl sites for hydroxylation is 3. The zero-order valence-corrected chi connectivity index (χ0v) is 22.6. The lowest BCUT2D eigenvalue weighted by atomic mass is 10.1. The van der Waals surface area contributed by atoms with E-state index in [9.17, 15) is 14.9 Å². The van der Waals surface area contributed by atoms with Crippen LogP contribution in [0.4, 0.5) is 11.4 Å². The number of nitriles is 1. The van der Waals surface area contributed by atoms with Gasteiger partial charge in [-0.1, -0.05) is 45.8 Å². The molecule has 0 saturated carbocycles. The quantitative estimate of drug-likeness (QED) is 0.234. The molecule has 0 aliphatic heterocycles. The van der Waals surface area contributed by atoms with Crippen molar-refractivity contribution < 1.29 is 14.3 Å².